The third-order valence-corrected chi connectivity index (χ3v) is 5.14. The van der Waals surface area contributed by atoms with E-state index in [4.69, 9.17) is 4.84 Å². The maximum absolute atomic E-state index is 13.0. The number of aromatic nitrogens is 2. The van der Waals surface area contributed by atoms with Crippen LogP contribution in [0.4, 0.5) is 30.6 Å². The number of piperidine rings is 1. The van der Waals surface area contributed by atoms with Crippen molar-refractivity contribution >= 4 is 23.4 Å². The zero-order valence-electron chi connectivity index (χ0n) is 17.5. The lowest BCUT2D eigenvalue weighted by Crippen LogP contribution is -2.46. The largest absolute Gasteiger partial charge is 0.421 e. The fraction of sp³-hybridized carbons (Fsp3) is 0.450. The molecule has 3 rings (SSSR count). The van der Waals surface area contributed by atoms with Crippen molar-refractivity contribution in [3.05, 3.63) is 41.6 Å². The Bertz CT molecular complexity index is 899. The average Bonchev–Trinajstić information content (AvgIpc) is 2.75. The third kappa shape index (κ3) is 5.42. The predicted molar refractivity (Wildman–Crippen MR) is 110 cm³/mol. The molecule has 1 saturated heterocycles. The summed E-state index contributed by atoms with van der Waals surface area (Å²) >= 11 is 0. The van der Waals surface area contributed by atoms with E-state index in [0.717, 1.165) is 32.1 Å². The van der Waals surface area contributed by atoms with Crippen LogP contribution in [0.25, 0.3) is 0 Å². The molecule has 0 atom stereocenters. The second-order valence-corrected chi connectivity index (χ2v) is 7.25. The number of hydrogen-bond acceptors (Lipinski definition) is 7. The van der Waals surface area contributed by atoms with Crippen LogP contribution < -0.4 is 10.6 Å². The van der Waals surface area contributed by atoms with E-state index >= 15 is 0 Å². The lowest BCUT2D eigenvalue weighted by Gasteiger charge is -2.35. The van der Waals surface area contributed by atoms with Crippen LogP contribution in [0.5, 0.6) is 0 Å². The van der Waals surface area contributed by atoms with Crippen molar-refractivity contribution in [1.82, 2.24) is 19.9 Å². The first-order valence-corrected chi connectivity index (χ1v) is 9.78. The number of likely N-dealkylation sites (tertiary alicyclic amines) is 1. The van der Waals surface area contributed by atoms with Crippen molar-refractivity contribution in [3.63, 3.8) is 0 Å². The van der Waals surface area contributed by atoms with Gasteiger partial charge in [0.25, 0.3) is 5.91 Å². The molecule has 1 amide bonds. The van der Waals surface area contributed by atoms with Crippen molar-refractivity contribution in [2.24, 2.45) is 0 Å². The molecule has 0 aliphatic carbocycles. The molecule has 11 heteroatoms. The standard InChI is InChI=1S/C20H25F3N6O2/c1-24-17-16(20(21,22)23)12-25-19(27-17)26-14-6-4-13(5-7-14)18(30)29(31-3)15-8-10-28(2)11-9-15/h4-7,12,15H,8-11H2,1-3H3,(H2,24,25,26,27). The second kappa shape index (κ2) is 9.48. The van der Waals surface area contributed by atoms with Gasteiger partial charge in [0.15, 0.2) is 0 Å². The summed E-state index contributed by atoms with van der Waals surface area (Å²) in [6, 6.07) is 6.52. The third-order valence-electron chi connectivity index (χ3n) is 5.14. The van der Waals surface area contributed by atoms with Gasteiger partial charge in [-0.2, -0.15) is 18.2 Å². The van der Waals surface area contributed by atoms with Crippen LogP contribution in [-0.4, -0.2) is 66.2 Å². The minimum absolute atomic E-state index is 0.00118. The summed E-state index contributed by atoms with van der Waals surface area (Å²) < 4.78 is 38.9. The van der Waals surface area contributed by atoms with Gasteiger partial charge in [0.05, 0.1) is 13.2 Å². The molecule has 0 radical (unpaired) electrons. The number of anilines is 3. The van der Waals surface area contributed by atoms with E-state index in [2.05, 4.69) is 25.5 Å². The maximum Gasteiger partial charge on any atom is 0.421 e. The topological polar surface area (TPSA) is 82.6 Å². The van der Waals surface area contributed by atoms with E-state index in [1.807, 2.05) is 7.05 Å². The maximum atomic E-state index is 13.0. The highest BCUT2D eigenvalue weighted by Crippen LogP contribution is 2.33. The number of alkyl halides is 3. The Kier molecular flexibility index (Phi) is 6.96. The molecule has 1 aromatic carbocycles. The fourth-order valence-corrected chi connectivity index (χ4v) is 3.42. The van der Waals surface area contributed by atoms with Gasteiger partial charge in [0.2, 0.25) is 5.95 Å². The summed E-state index contributed by atoms with van der Waals surface area (Å²) in [4.78, 5) is 28.0. The zero-order valence-corrected chi connectivity index (χ0v) is 17.5. The van der Waals surface area contributed by atoms with Crippen molar-refractivity contribution in [2.45, 2.75) is 25.1 Å². The number of carbonyl (C=O) groups excluding carboxylic acids is 1. The first-order chi connectivity index (χ1) is 14.7. The van der Waals surface area contributed by atoms with Gasteiger partial charge >= 0.3 is 6.18 Å². The van der Waals surface area contributed by atoms with E-state index in [-0.39, 0.29) is 23.7 Å². The lowest BCUT2D eigenvalue weighted by atomic mass is 10.0. The Balaban J connectivity index is 1.70. The molecule has 2 N–H and O–H groups in total. The number of rotatable bonds is 6. The predicted octanol–water partition coefficient (Wildman–Crippen LogP) is 3.38. The van der Waals surface area contributed by atoms with Crippen LogP contribution in [0.3, 0.4) is 0 Å². The zero-order chi connectivity index (χ0) is 22.6. The Labute approximate surface area is 178 Å². The van der Waals surface area contributed by atoms with Crippen LogP contribution in [0.2, 0.25) is 0 Å². The number of nitrogens with one attached hydrogen (secondary N) is 2. The fourth-order valence-electron chi connectivity index (χ4n) is 3.42. The molecule has 168 valence electrons. The number of nitrogens with zero attached hydrogens (tertiary/aromatic N) is 4. The summed E-state index contributed by atoms with van der Waals surface area (Å²) in [7, 11) is 4.88. The Morgan fingerprint density at radius 3 is 2.42 bits per heavy atom. The van der Waals surface area contributed by atoms with Crippen LogP contribution >= 0.6 is 0 Å². The van der Waals surface area contributed by atoms with Crippen molar-refractivity contribution in [2.75, 3.05) is 44.9 Å². The molecule has 2 aromatic rings. The van der Waals surface area contributed by atoms with Gasteiger partial charge in [-0.3, -0.25) is 9.63 Å². The number of hydrogen-bond donors (Lipinski definition) is 2. The Hall–Kier alpha value is -2.92. The Morgan fingerprint density at radius 1 is 1.23 bits per heavy atom. The molecule has 1 aromatic heterocycles. The highest BCUT2D eigenvalue weighted by molar-refractivity contribution is 5.94. The summed E-state index contributed by atoms with van der Waals surface area (Å²) in [6.45, 7) is 1.78. The van der Waals surface area contributed by atoms with Crippen LogP contribution in [0, 0.1) is 0 Å². The monoisotopic (exact) mass is 438 g/mol. The highest BCUT2D eigenvalue weighted by atomic mass is 19.4. The molecule has 1 aliphatic heterocycles. The van der Waals surface area contributed by atoms with Gasteiger partial charge in [-0.1, -0.05) is 0 Å². The van der Waals surface area contributed by atoms with Crippen molar-refractivity contribution in [1.29, 1.82) is 0 Å². The van der Waals surface area contributed by atoms with E-state index < -0.39 is 11.7 Å². The summed E-state index contributed by atoms with van der Waals surface area (Å²) in [5.41, 5.74) is 0.0206. The van der Waals surface area contributed by atoms with Crippen molar-refractivity contribution < 1.29 is 22.8 Å². The molecule has 8 nitrogen and oxygen atoms in total. The Morgan fingerprint density at radius 2 is 1.87 bits per heavy atom. The SMILES string of the molecule is CNc1nc(Nc2ccc(C(=O)N(OC)C3CCN(C)CC3)cc2)ncc1C(F)(F)F. The molecule has 0 saturated carbocycles. The number of benzene rings is 1. The second-order valence-electron chi connectivity index (χ2n) is 7.25. The van der Waals surface area contributed by atoms with Gasteiger partial charge in [-0.05, 0) is 57.2 Å². The number of carbonyl (C=O) groups is 1. The molecule has 0 unspecified atom stereocenters. The van der Waals surface area contributed by atoms with E-state index in [0.29, 0.717) is 11.3 Å². The minimum atomic E-state index is -4.56. The van der Waals surface area contributed by atoms with Gasteiger partial charge in [-0.25, -0.2) is 10.0 Å². The van der Waals surface area contributed by atoms with Gasteiger partial charge in [0, 0.05) is 24.5 Å². The highest BCUT2D eigenvalue weighted by Gasteiger charge is 2.35. The normalized spacial score (nSPS) is 15.5. The van der Waals surface area contributed by atoms with Crippen LogP contribution in [0.15, 0.2) is 30.5 Å². The van der Waals surface area contributed by atoms with Gasteiger partial charge in [0.1, 0.15) is 11.4 Å². The van der Waals surface area contributed by atoms with Crippen LogP contribution in [0.1, 0.15) is 28.8 Å². The van der Waals surface area contributed by atoms with Gasteiger partial charge < -0.3 is 15.5 Å². The molecule has 0 bridgehead atoms. The van der Waals surface area contributed by atoms with Crippen molar-refractivity contribution in [3.8, 4) is 0 Å². The molecule has 0 spiro atoms. The lowest BCUT2D eigenvalue weighted by molar-refractivity contribution is -0.137. The van der Waals surface area contributed by atoms with E-state index in [1.165, 1.54) is 19.2 Å². The summed E-state index contributed by atoms with van der Waals surface area (Å²) in [5, 5.41) is 6.68. The van der Waals surface area contributed by atoms with E-state index in [9.17, 15) is 18.0 Å². The summed E-state index contributed by atoms with van der Waals surface area (Å²) in [6.07, 6.45) is -2.18. The molecular formula is C20H25F3N6O2. The first kappa shape index (κ1) is 22.8. The quantitative estimate of drug-likeness (QED) is 0.669. The van der Waals surface area contributed by atoms with Gasteiger partial charge in [-0.15, -0.1) is 0 Å². The summed E-state index contributed by atoms with van der Waals surface area (Å²) in [5.74, 6) is -0.571. The molecule has 31 heavy (non-hydrogen) atoms. The average molecular weight is 438 g/mol. The molecule has 2 heterocycles. The first-order valence-electron chi connectivity index (χ1n) is 9.78. The number of amides is 1. The van der Waals surface area contributed by atoms with Crippen LogP contribution in [-0.2, 0) is 11.0 Å². The number of halogens is 3. The molecular weight excluding hydrogens is 413 g/mol. The molecule has 1 aliphatic rings. The van der Waals surface area contributed by atoms with E-state index in [1.54, 1.807) is 24.3 Å². The minimum Gasteiger partial charge on any atom is -0.372 e. The smallest absolute Gasteiger partial charge is 0.372 e. The number of hydroxylamine groups is 2. The molecule has 1 fully saturated rings.